The highest BCUT2D eigenvalue weighted by molar-refractivity contribution is 7.80. The number of fused-ring (bicyclic) bond motifs is 1. The van der Waals surface area contributed by atoms with Crippen molar-refractivity contribution in [3.63, 3.8) is 0 Å². The Morgan fingerprint density at radius 2 is 2.19 bits per heavy atom. The molecule has 1 heterocycles. The van der Waals surface area contributed by atoms with Crippen LogP contribution in [0.5, 0.6) is 0 Å². The number of nitrogens with two attached hydrogens (primary N) is 1. The number of rotatable bonds is 6. The first-order valence-electron chi connectivity index (χ1n) is 7.49. The standard InChI is InChI=1S/C15H20N4OS/c16-13(21)11-8-10-2-1-3-12(10)19-14(11)17-6-7-18-15(20)9-4-5-9/h8-9H,1-7H2,(H2,16,21)(H,17,19)(H,18,20). The molecule has 1 saturated carbocycles. The molecule has 0 saturated heterocycles. The van der Waals surface area contributed by atoms with E-state index in [-0.39, 0.29) is 11.8 Å². The number of hydrogen-bond acceptors (Lipinski definition) is 4. The molecular weight excluding hydrogens is 284 g/mol. The molecule has 1 aromatic rings. The molecule has 2 aliphatic carbocycles. The molecule has 1 fully saturated rings. The fourth-order valence-electron chi connectivity index (χ4n) is 2.65. The first-order valence-corrected chi connectivity index (χ1v) is 7.90. The maximum Gasteiger partial charge on any atom is 0.223 e. The molecule has 1 amide bonds. The summed E-state index contributed by atoms with van der Waals surface area (Å²) >= 11 is 5.11. The van der Waals surface area contributed by atoms with E-state index in [1.54, 1.807) is 0 Å². The molecule has 2 aliphatic rings. The Morgan fingerprint density at radius 3 is 2.90 bits per heavy atom. The van der Waals surface area contributed by atoms with Gasteiger partial charge < -0.3 is 16.4 Å². The number of aromatic nitrogens is 1. The number of aryl methyl sites for hydroxylation is 2. The van der Waals surface area contributed by atoms with Gasteiger partial charge in [0, 0.05) is 24.7 Å². The molecular formula is C15H20N4OS. The molecule has 0 radical (unpaired) electrons. The van der Waals surface area contributed by atoms with Crippen molar-refractivity contribution in [2.24, 2.45) is 11.7 Å². The van der Waals surface area contributed by atoms with E-state index in [2.05, 4.69) is 21.7 Å². The second kappa shape index (κ2) is 5.97. The molecule has 3 rings (SSSR count). The normalized spacial score (nSPS) is 16.4. The van der Waals surface area contributed by atoms with Gasteiger partial charge in [-0.2, -0.15) is 0 Å². The number of amides is 1. The summed E-state index contributed by atoms with van der Waals surface area (Å²) in [5.74, 6) is 1.15. The summed E-state index contributed by atoms with van der Waals surface area (Å²) in [6.45, 7) is 1.21. The Hall–Kier alpha value is -1.69. The van der Waals surface area contributed by atoms with Crippen molar-refractivity contribution in [2.75, 3.05) is 18.4 Å². The molecule has 0 bridgehead atoms. The Kier molecular flexibility index (Phi) is 4.05. The van der Waals surface area contributed by atoms with Crippen LogP contribution in [0.15, 0.2) is 6.07 Å². The van der Waals surface area contributed by atoms with Gasteiger partial charge in [0.2, 0.25) is 5.91 Å². The minimum Gasteiger partial charge on any atom is -0.389 e. The van der Waals surface area contributed by atoms with E-state index in [1.165, 1.54) is 5.56 Å². The highest BCUT2D eigenvalue weighted by Gasteiger charge is 2.29. The van der Waals surface area contributed by atoms with Crippen LogP contribution in [0.1, 0.15) is 36.1 Å². The number of nitrogens with zero attached hydrogens (tertiary/aromatic N) is 1. The smallest absolute Gasteiger partial charge is 0.223 e. The fourth-order valence-corrected chi connectivity index (χ4v) is 2.81. The van der Waals surface area contributed by atoms with Crippen LogP contribution in [0.4, 0.5) is 5.82 Å². The minimum absolute atomic E-state index is 0.160. The number of thiocarbonyl (C=S) groups is 1. The second-order valence-corrected chi connectivity index (χ2v) is 6.14. The van der Waals surface area contributed by atoms with Crippen LogP contribution in [0.2, 0.25) is 0 Å². The highest BCUT2D eigenvalue weighted by atomic mass is 32.1. The summed E-state index contributed by atoms with van der Waals surface area (Å²) in [6, 6.07) is 2.06. The van der Waals surface area contributed by atoms with Crippen molar-refractivity contribution < 1.29 is 4.79 Å². The average molecular weight is 304 g/mol. The zero-order valence-corrected chi connectivity index (χ0v) is 12.8. The van der Waals surface area contributed by atoms with E-state index >= 15 is 0 Å². The van der Waals surface area contributed by atoms with Crippen LogP contribution in [0, 0.1) is 5.92 Å². The molecule has 0 spiro atoms. The Labute approximate surface area is 129 Å². The van der Waals surface area contributed by atoms with E-state index in [1.807, 2.05) is 0 Å². The first-order chi connectivity index (χ1) is 10.1. The van der Waals surface area contributed by atoms with Crippen LogP contribution >= 0.6 is 12.2 Å². The zero-order chi connectivity index (χ0) is 14.8. The lowest BCUT2D eigenvalue weighted by atomic mass is 10.1. The van der Waals surface area contributed by atoms with E-state index < -0.39 is 0 Å². The van der Waals surface area contributed by atoms with Crippen molar-refractivity contribution >= 4 is 28.9 Å². The predicted molar refractivity (Wildman–Crippen MR) is 86.4 cm³/mol. The van der Waals surface area contributed by atoms with Gasteiger partial charge in [-0.15, -0.1) is 0 Å². The molecule has 112 valence electrons. The number of nitrogens with one attached hydrogen (secondary N) is 2. The van der Waals surface area contributed by atoms with E-state index in [9.17, 15) is 4.79 Å². The van der Waals surface area contributed by atoms with Crippen molar-refractivity contribution in [3.8, 4) is 0 Å². The van der Waals surface area contributed by atoms with Crippen molar-refractivity contribution in [1.29, 1.82) is 0 Å². The average Bonchev–Trinajstić information content (AvgIpc) is 3.21. The molecule has 0 unspecified atom stereocenters. The minimum atomic E-state index is 0.160. The van der Waals surface area contributed by atoms with Gasteiger partial charge in [-0.3, -0.25) is 4.79 Å². The number of anilines is 1. The third-order valence-electron chi connectivity index (χ3n) is 3.98. The number of carbonyl (C=O) groups is 1. The van der Waals surface area contributed by atoms with Gasteiger partial charge in [0.05, 0.1) is 5.56 Å². The van der Waals surface area contributed by atoms with Gasteiger partial charge in [-0.1, -0.05) is 12.2 Å². The second-order valence-electron chi connectivity index (χ2n) is 5.70. The van der Waals surface area contributed by atoms with Gasteiger partial charge in [0.15, 0.2) is 0 Å². The SMILES string of the molecule is NC(=S)c1cc2c(nc1NCCNC(=O)C1CC1)CCC2. The summed E-state index contributed by atoms with van der Waals surface area (Å²) in [6.07, 6.45) is 5.25. The number of carbonyl (C=O) groups excluding carboxylic acids is 1. The summed E-state index contributed by atoms with van der Waals surface area (Å²) < 4.78 is 0. The predicted octanol–water partition coefficient (Wildman–Crippen LogP) is 1.14. The summed E-state index contributed by atoms with van der Waals surface area (Å²) in [4.78, 5) is 16.6. The molecule has 4 N–H and O–H groups in total. The quantitative estimate of drug-likeness (QED) is 0.542. The maximum atomic E-state index is 11.5. The highest BCUT2D eigenvalue weighted by Crippen LogP contribution is 2.28. The molecule has 0 atom stereocenters. The maximum absolute atomic E-state index is 11.5. The number of pyridine rings is 1. The largest absolute Gasteiger partial charge is 0.389 e. The third-order valence-corrected chi connectivity index (χ3v) is 4.20. The van der Waals surface area contributed by atoms with Crippen LogP contribution in [-0.2, 0) is 17.6 Å². The first kappa shape index (κ1) is 14.3. The Bertz CT molecular complexity index is 583. The van der Waals surface area contributed by atoms with E-state index in [0.29, 0.717) is 18.1 Å². The van der Waals surface area contributed by atoms with Crippen LogP contribution in [0.25, 0.3) is 0 Å². The summed E-state index contributed by atoms with van der Waals surface area (Å²) in [7, 11) is 0. The number of hydrogen-bond donors (Lipinski definition) is 3. The lowest BCUT2D eigenvalue weighted by molar-refractivity contribution is -0.122. The summed E-state index contributed by atoms with van der Waals surface area (Å²) in [5, 5.41) is 6.17. The van der Waals surface area contributed by atoms with Gasteiger partial charge in [0.25, 0.3) is 0 Å². The molecule has 6 heteroatoms. The molecule has 0 aliphatic heterocycles. The lowest BCUT2D eigenvalue weighted by Gasteiger charge is -2.13. The molecule has 0 aromatic carbocycles. The Balaban J connectivity index is 1.61. The van der Waals surface area contributed by atoms with Crippen molar-refractivity contribution in [1.82, 2.24) is 10.3 Å². The van der Waals surface area contributed by atoms with Gasteiger partial charge >= 0.3 is 0 Å². The third kappa shape index (κ3) is 3.32. The topological polar surface area (TPSA) is 80.0 Å². The van der Waals surface area contributed by atoms with E-state index in [4.69, 9.17) is 18.0 Å². The molecule has 1 aromatic heterocycles. The van der Waals surface area contributed by atoms with Gasteiger partial charge in [0.1, 0.15) is 10.8 Å². The fraction of sp³-hybridized carbons (Fsp3) is 0.533. The molecule has 5 nitrogen and oxygen atoms in total. The van der Waals surface area contributed by atoms with E-state index in [0.717, 1.165) is 49.2 Å². The van der Waals surface area contributed by atoms with Crippen LogP contribution in [-0.4, -0.2) is 29.0 Å². The van der Waals surface area contributed by atoms with Crippen LogP contribution < -0.4 is 16.4 Å². The lowest BCUT2D eigenvalue weighted by Crippen LogP contribution is -2.30. The molecule has 21 heavy (non-hydrogen) atoms. The van der Waals surface area contributed by atoms with Crippen LogP contribution in [0.3, 0.4) is 0 Å². The zero-order valence-electron chi connectivity index (χ0n) is 11.9. The van der Waals surface area contributed by atoms with Gasteiger partial charge in [-0.25, -0.2) is 4.98 Å². The summed E-state index contributed by atoms with van der Waals surface area (Å²) in [5.41, 5.74) is 8.99. The van der Waals surface area contributed by atoms with Gasteiger partial charge in [-0.05, 0) is 43.7 Å². The monoisotopic (exact) mass is 304 g/mol. The van der Waals surface area contributed by atoms with Crippen molar-refractivity contribution in [2.45, 2.75) is 32.1 Å². The van der Waals surface area contributed by atoms with Crippen molar-refractivity contribution in [3.05, 3.63) is 22.9 Å². The Morgan fingerprint density at radius 1 is 1.38 bits per heavy atom.